The van der Waals surface area contributed by atoms with E-state index in [1.54, 1.807) is 17.0 Å². The monoisotopic (exact) mass is 339 g/mol. The first-order valence-electron chi connectivity index (χ1n) is 7.96. The van der Waals surface area contributed by atoms with Crippen molar-refractivity contribution in [3.05, 3.63) is 53.4 Å². The number of aliphatic hydroxyl groups is 1. The molecule has 0 aliphatic carbocycles. The molecule has 0 saturated carbocycles. The zero-order chi connectivity index (χ0) is 17.3. The Hall–Kier alpha value is -1.86. The van der Waals surface area contributed by atoms with Crippen LogP contribution in [0.15, 0.2) is 24.5 Å². The van der Waals surface area contributed by atoms with Crippen molar-refractivity contribution < 1.29 is 18.3 Å². The molecule has 0 bridgehead atoms. The van der Waals surface area contributed by atoms with Crippen molar-refractivity contribution in [2.45, 2.75) is 25.5 Å². The molecule has 2 heterocycles. The number of benzene rings is 1. The van der Waals surface area contributed by atoms with E-state index in [0.29, 0.717) is 18.4 Å². The second kappa shape index (κ2) is 6.94. The van der Waals surface area contributed by atoms with Gasteiger partial charge in [-0.25, -0.2) is 18.2 Å². The molecule has 3 rings (SSSR count). The van der Waals surface area contributed by atoms with Crippen LogP contribution in [0.1, 0.15) is 30.3 Å². The van der Waals surface area contributed by atoms with E-state index in [0.717, 1.165) is 25.5 Å². The van der Waals surface area contributed by atoms with Gasteiger partial charge in [0.2, 0.25) is 0 Å². The van der Waals surface area contributed by atoms with Gasteiger partial charge in [-0.1, -0.05) is 0 Å². The Labute approximate surface area is 138 Å². The summed E-state index contributed by atoms with van der Waals surface area (Å²) in [7, 11) is 1.82. The first-order valence-corrected chi connectivity index (χ1v) is 7.96. The van der Waals surface area contributed by atoms with Crippen molar-refractivity contribution >= 4 is 0 Å². The fraction of sp³-hybridized carbons (Fsp3) is 0.471. The van der Waals surface area contributed by atoms with Gasteiger partial charge in [-0.3, -0.25) is 4.90 Å². The Bertz CT molecular complexity index is 719. The van der Waals surface area contributed by atoms with Crippen molar-refractivity contribution in [3.63, 3.8) is 0 Å². The van der Waals surface area contributed by atoms with Crippen LogP contribution < -0.4 is 0 Å². The van der Waals surface area contributed by atoms with Crippen LogP contribution in [0.5, 0.6) is 0 Å². The van der Waals surface area contributed by atoms with E-state index in [2.05, 4.69) is 4.98 Å². The quantitative estimate of drug-likeness (QED) is 0.871. The molecule has 1 saturated heterocycles. The molecule has 1 fully saturated rings. The average Bonchev–Trinajstić information content (AvgIpc) is 2.98. The Morgan fingerprint density at radius 3 is 2.71 bits per heavy atom. The van der Waals surface area contributed by atoms with Crippen LogP contribution in [0.3, 0.4) is 0 Å². The lowest BCUT2D eigenvalue weighted by molar-refractivity contribution is 0.0401. The van der Waals surface area contributed by atoms with Crippen molar-refractivity contribution in [1.82, 2.24) is 14.5 Å². The van der Waals surface area contributed by atoms with Gasteiger partial charge in [0.15, 0.2) is 11.6 Å². The molecule has 1 aromatic carbocycles. The zero-order valence-electron chi connectivity index (χ0n) is 13.4. The number of piperidine rings is 1. The minimum atomic E-state index is -1.18. The number of likely N-dealkylation sites (tertiary alicyclic amines) is 1. The molecule has 1 aliphatic rings. The second-order valence-corrected chi connectivity index (χ2v) is 6.34. The number of rotatable bonds is 4. The van der Waals surface area contributed by atoms with Crippen LogP contribution in [0.2, 0.25) is 0 Å². The van der Waals surface area contributed by atoms with E-state index >= 15 is 0 Å². The topological polar surface area (TPSA) is 41.3 Å². The summed E-state index contributed by atoms with van der Waals surface area (Å²) in [5.41, 5.74) is 0.126. The number of aromatic nitrogens is 2. The number of hydrogen-bond donors (Lipinski definition) is 1. The van der Waals surface area contributed by atoms with E-state index in [4.69, 9.17) is 0 Å². The molecule has 24 heavy (non-hydrogen) atoms. The van der Waals surface area contributed by atoms with Gasteiger partial charge in [0.25, 0.3) is 0 Å². The minimum Gasteiger partial charge on any atom is -0.385 e. The minimum absolute atomic E-state index is 0.0341. The summed E-state index contributed by atoms with van der Waals surface area (Å²) >= 11 is 0. The molecular weight excluding hydrogens is 319 g/mol. The predicted molar refractivity (Wildman–Crippen MR) is 82.5 cm³/mol. The van der Waals surface area contributed by atoms with Crippen LogP contribution in [0.25, 0.3) is 0 Å². The standard InChI is InChI=1S/C17H20F3N3O/c1-22-6-4-21-17(22)16(24)11-3-2-5-23(9-11)10-12-7-14(19)15(20)8-13(12)18/h4,6-8,11,16,24H,2-3,5,9-10H2,1H3. The van der Waals surface area contributed by atoms with Crippen molar-refractivity contribution in [1.29, 1.82) is 0 Å². The molecule has 1 N–H and O–H groups in total. The maximum atomic E-state index is 13.8. The molecule has 4 nitrogen and oxygen atoms in total. The number of hydrogen-bond acceptors (Lipinski definition) is 3. The van der Waals surface area contributed by atoms with Crippen molar-refractivity contribution in [2.75, 3.05) is 13.1 Å². The normalized spacial score (nSPS) is 20.3. The molecular formula is C17H20F3N3O. The molecule has 0 amide bonds. The molecule has 1 aliphatic heterocycles. The SMILES string of the molecule is Cn1ccnc1C(O)C1CCCN(Cc2cc(F)c(F)cc2F)C1. The number of imidazole rings is 1. The molecule has 0 radical (unpaired) electrons. The maximum absolute atomic E-state index is 13.8. The Balaban J connectivity index is 1.70. The van der Waals surface area contributed by atoms with E-state index < -0.39 is 23.6 Å². The van der Waals surface area contributed by atoms with E-state index in [-0.39, 0.29) is 18.0 Å². The smallest absolute Gasteiger partial charge is 0.161 e. The molecule has 130 valence electrons. The second-order valence-electron chi connectivity index (χ2n) is 6.34. The largest absolute Gasteiger partial charge is 0.385 e. The first-order chi connectivity index (χ1) is 11.5. The maximum Gasteiger partial charge on any atom is 0.161 e. The van der Waals surface area contributed by atoms with Crippen LogP contribution in [0.4, 0.5) is 13.2 Å². The summed E-state index contributed by atoms with van der Waals surface area (Å²) in [6.45, 7) is 1.46. The first kappa shape index (κ1) is 17.0. The zero-order valence-corrected chi connectivity index (χ0v) is 13.4. The Kier molecular flexibility index (Phi) is 4.91. The third kappa shape index (κ3) is 3.47. The third-order valence-electron chi connectivity index (χ3n) is 4.59. The predicted octanol–water partition coefficient (Wildman–Crippen LogP) is 2.78. The number of nitrogens with zero attached hydrogens (tertiary/aromatic N) is 3. The summed E-state index contributed by atoms with van der Waals surface area (Å²) in [5, 5.41) is 10.5. The highest BCUT2D eigenvalue weighted by Gasteiger charge is 2.29. The molecule has 7 heteroatoms. The van der Waals surface area contributed by atoms with Gasteiger partial charge in [-0.05, 0) is 25.5 Å². The van der Waals surface area contributed by atoms with E-state index in [1.165, 1.54) is 0 Å². The van der Waals surface area contributed by atoms with Gasteiger partial charge in [0.05, 0.1) is 0 Å². The van der Waals surface area contributed by atoms with Crippen molar-refractivity contribution in [2.24, 2.45) is 13.0 Å². The molecule has 2 atom stereocenters. The number of aliphatic hydroxyl groups excluding tert-OH is 1. The highest BCUT2D eigenvalue weighted by molar-refractivity contribution is 5.20. The van der Waals surface area contributed by atoms with Crippen LogP contribution >= 0.6 is 0 Å². The van der Waals surface area contributed by atoms with Gasteiger partial charge >= 0.3 is 0 Å². The molecule has 2 unspecified atom stereocenters. The summed E-state index contributed by atoms with van der Waals surface area (Å²) in [4.78, 5) is 6.13. The Morgan fingerprint density at radius 2 is 2.00 bits per heavy atom. The van der Waals surface area contributed by atoms with Gasteiger partial charge in [-0.2, -0.15) is 0 Å². The van der Waals surface area contributed by atoms with Crippen LogP contribution in [0, 0.1) is 23.4 Å². The molecule has 0 spiro atoms. The molecule has 2 aromatic rings. The highest BCUT2D eigenvalue weighted by Crippen LogP contribution is 2.29. The van der Waals surface area contributed by atoms with E-state index in [9.17, 15) is 18.3 Å². The number of halogens is 3. The van der Waals surface area contributed by atoms with E-state index in [1.807, 2.05) is 11.9 Å². The lowest BCUT2D eigenvalue weighted by Gasteiger charge is -2.35. The number of aryl methyl sites for hydroxylation is 1. The summed E-state index contributed by atoms with van der Waals surface area (Å²) < 4.78 is 42.0. The molecule has 1 aromatic heterocycles. The summed E-state index contributed by atoms with van der Waals surface area (Å²) in [6, 6.07) is 1.48. The highest BCUT2D eigenvalue weighted by atomic mass is 19.2. The van der Waals surface area contributed by atoms with Crippen LogP contribution in [-0.2, 0) is 13.6 Å². The Morgan fingerprint density at radius 1 is 1.25 bits per heavy atom. The lowest BCUT2D eigenvalue weighted by atomic mass is 9.91. The van der Waals surface area contributed by atoms with Gasteiger partial charge < -0.3 is 9.67 Å². The summed E-state index contributed by atoms with van der Waals surface area (Å²) in [5.74, 6) is -2.42. The average molecular weight is 339 g/mol. The van der Waals surface area contributed by atoms with Gasteiger partial charge in [0.1, 0.15) is 17.7 Å². The van der Waals surface area contributed by atoms with Gasteiger partial charge in [0, 0.05) is 50.1 Å². The fourth-order valence-electron chi connectivity index (χ4n) is 3.29. The summed E-state index contributed by atoms with van der Waals surface area (Å²) in [6.07, 6.45) is 4.39. The van der Waals surface area contributed by atoms with Crippen LogP contribution in [-0.4, -0.2) is 32.6 Å². The third-order valence-corrected chi connectivity index (χ3v) is 4.59. The van der Waals surface area contributed by atoms with Crippen molar-refractivity contribution in [3.8, 4) is 0 Å². The lowest BCUT2D eigenvalue weighted by Crippen LogP contribution is -2.38. The fourth-order valence-corrected chi connectivity index (χ4v) is 3.29. The van der Waals surface area contributed by atoms with Gasteiger partial charge in [-0.15, -0.1) is 0 Å².